The average Bonchev–Trinajstić information content (AvgIpc) is 2.63. The van der Waals surface area contributed by atoms with E-state index in [1.807, 2.05) is 6.07 Å². The SMILES string of the molecule is COC(=O)CCCCNC(=O)NC1CCN(Cc2ccccc2)CC1. The van der Waals surface area contributed by atoms with Gasteiger partial charge in [-0.3, -0.25) is 9.69 Å². The third-order valence-corrected chi connectivity index (χ3v) is 4.49. The van der Waals surface area contributed by atoms with Crippen molar-refractivity contribution in [3.63, 3.8) is 0 Å². The van der Waals surface area contributed by atoms with Crippen molar-refractivity contribution in [2.24, 2.45) is 0 Å². The van der Waals surface area contributed by atoms with Gasteiger partial charge in [-0.1, -0.05) is 30.3 Å². The third-order valence-electron chi connectivity index (χ3n) is 4.49. The molecule has 6 heteroatoms. The second kappa shape index (κ2) is 10.7. The minimum atomic E-state index is -0.202. The molecule has 0 aromatic heterocycles. The zero-order valence-corrected chi connectivity index (χ0v) is 15.0. The summed E-state index contributed by atoms with van der Waals surface area (Å²) in [5.41, 5.74) is 1.33. The number of benzene rings is 1. The van der Waals surface area contributed by atoms with Crippen LogP contribution >= 0.6 is 0 Å². The number of nitrogens with one attached hydrogen (secondary N) is 2. The number of urea groups is 1. The highest BCUT2D eigenvalue weighted by molar-refractivity contribution is 5.74. The van der Waals surface area contributed by atoms with E-state index in [4.69, 9.17) is 0 Å². The molecule has 0 aliphatic carbocycles. The Bertz CT molecular complexity index is 528. The van der Waals surface area contributed by atoms with Gasteiger partial charge in [-0.25, -0.2) is 4.79 Å². The van der Waals surface area contributed by atoms with Crippen LogP contribution in [0.5, 0.6) is 0 Å². The van der Waals surface area contributed by atoms with Crippen molar-refractivity contribution in [1.82, 2.24) is 15.5 Å². The van der Waals surface area contributed by atoms with E-state index in [-0.39, 0.29) is 18.0 Å². The first-order valence-corrected chi connectivity index (χ1v) is 9.05. The zero-order chi connectivity index (χ0) is 17.9. The number of nitrogens with zero attached hydrogens (tertiary/aromatic N) is 1. The van der Waals surface area contributed by atoms with Gasteiger partial charge in [0, 0.05) is 38.6 Å². The molecular formula is C19H29N3O3. The van der Waals surface area contributed by atoms with Gasteiger partial charge in [0.15, 0.2) is 0 Å². The van der Waals surface area contributed by atoms with Gasteiger partial charge in [0.05, 0.1) is 7.11 Å². The number of carbonyl (C=O) groups excluding carboxylic acids is 2. The first kappa shape index (κ1) is 19.2. The van der Waals surface area contributed by atoms with Crippen LogP contribution in [-0.2, 0) is 16.1 Å². The predicted octanol–water partition coefficient (Wildman–Crippen LogP) is 2.29. The summed E-state index contributed by atoms with van der Waals surface area (Å²) in [5, 5.41) is 5.90. The summed E-state index contributed by atoms with van der Waals surface area (Å²) in [7, 11) is 1.39. The summed E-state index contributed by atoms with van der Waals surface area (Å²) in [6, 6.07) is 10.6. The second-order valence-corrected chi connectivity index (χ2v) is 6.47. The van der Waals surface area contributed by atoms with E-state index in [1.54, 1.807) is 0 Å². The predicted molar refractivity (Wildman–Crippen MR) is 97.1 cm³/mol. The molecule has 1 fully saturated rings. The summed E-state index contributed by atoms with van der Waals surface area (Å²) in [6.07, 6.45) is 3.85. The van der Waals surface area contributed by atoms with E-state index >= 15 is 0 Å². The summed E-state index contributed by atoms with van der Waals surface area (Å²) in [6.45, 7) is 3.55. The number of hydrogen-bond donors (Lipinski definition) is 2. The molecule has 0 radical (unpaired) electrons. The van der Waals surface area contributed by atoms with Crippen molar-refractivity contribution in [3.8, 4) is 0 Å². The van der Waals surface area contributed by atoms with Gasteiger partial charge in [0.25, 0.3) is 0 Å². The number of ether oxygens (including phenoxy) is 1. The molecule has 0 atom stereocenters. The van der Waals surface area contributed by atoms with Gasteiger partial charge in [0.1, 0.15) is 0 Å². The van der Waals surface area contributed by atoms with Gasteiger partial charge >= 0.3 is 12.0 Å². The Morgan fingerprint density at radius 2 is 1.88 bits per heavy atom. The molecule has 25 heavy (non-hydrogen) atoms. The fraction of sp³-hybridized carbons (Fsp3) is 0.579. The lowest BCUT2D eigenvalue weighted by Crippen LogP contribution is -2.47. The lowest BCUT2D eigenvalue weighted by atomic mass is 10.0. The number of methoxy groups -OCH3 is 1. The fourth-order valence-electron chi connectivity index (χ4n) is 3.01. The number of rotatable bonds is 8. The number of unbranched alkanes of at least 4 members (excludes halogenated alkanes) is 1. The van der Waals surface area contributed by atoms with Crippen molar-refractivity contribution >= 4 is 12.0 Å². The van der Waals surface area contributed by atoms with Gasteiger partial charge < -0.3 is 15.4 Å². The van der Waals surface area contributed by atoms with Crippen molar-refractivity contribution in [2.75, 3.05) is 26.7 Å². The number of likely N-dealkylation sites (tertiary alicyclic amines) is 1. The van der Waals surface area contributed by atoms with Crippen LogP contribution in [0.1, 0.15) is 37.7 Å². The first-order chi connectivity index (χ1) is 12.2. The Labute approximate surface area is 149 Å². The van der Waals surface area contributed by atoms with Crippen LogP contribution < -0.4 is 10.6 Å². The number of carbonyl (C=O) groups is 2. The highest BCUT2D eigenvalue weighted by Gasteiger charge is 2.20. The number of esters is 1. The largest absolute Gasteiger partial charge is 0.469 e. The van der Waals surface area contributed by atoms with Crippen molar-refractivity contribution in [2.45, 2.75) is 44.7 Å². The zero-order valence-electron chi connectivity index (χ0n) is 15.0. The lowest BCUT2D eigenvalue weighted by molar-refractivity contribution is -0.140. The maximum Gasteiger partial charge on any atom is 0.315 e. The van der Waals surface area contributed by atoms with Crippen LogP contribution in [0.25, 0.3) is 0 Å². The monoisotopic (exact) mass is 347 g/mol. The highest BCUT2D eigenvalue weighted by Crippen LogP contribution is 2.13. The topological polar surface area (TPSA) is 70.7 Å². The molecule has 2 N–H and O–H groups in total. The molecule has 0 saturated carbocycles. The van der Waals surface area contributed by atoms with E-state index in [0.717, 1.165) is 45.3 Å². The van der Waals surface area contributed by atoms with E-state index in [2.05, 4.69) is 44.5 Å². The second-order valence-electron chi connectivity index (χ2n) is 6.47. The maximum atomic E-state index is 11.9. The third kappa shape index (κ3) is 7.56. The molecule has 2 rings (SSSR count). The lowest BCUT2D eigenvalue weighted by Gasteiger charge is -2.32. The van der Waals surface area contributed by atoms with Crippen LogP contribution in [0.15, 0.2) is 30.3 Å². The number of hydrogen-bond acceptors (Lipinski definition) is 4. The molecule has 0 spiro atoms. The van der Waals surface area contributed by atoms with Crippen LogP contribution in [0.4, 0.5) is 4.79 Å². The standard InChI is InChI=1S/C19H29N3O3/c1-25-18(23)9-5-6-12-20-19(24)21-17-10-13-22(14-11-17)15-16-7-3-2-4-8-16/h2-4,7-8,17H,5-6,9-15H2,1H3,(H2,20,21,24). The summed E-state index contributed by atoms with van der Waals surface area (Å²) >= 11 is 0. The smallest absolute Gasteiger partial charge is 0.315 e. The van der Waals surface area contributed by atoms with Crippen molar-refractivity contribution < 1.29 is 14.3 Å². The van der Waals surface area contributed by atoms with Crippen molar-refractivity contribution in [3.05, 3.63) is 35.9 Å². The van der Waals surface area contributed by atoms with Gasteiger partial charge in [-0.15, -0.1) is 0 Å². The Kier molecular flexibility index (Phi) is 8.25. The molecular weight excluding hydrogens is 318 g/mol. The molecule has 138 valence electrons. The highest BCUT2D eigenvalue weighted by atomic mass is 16.5. The van der Waals surface area contributed by atoms with E-state index in [0.29, 0.717) is 13.0 Å². The van der Waals surface area contributed by atoms with Crippen LogP contribution in [0, 0.1) is 0 Å². The number of amides is 2. The maximum absolute atomic E-state index is 11.9. The summed E-state index contributed by atoms with van der Waals surface area (Å²) in [5.74, 6) is -0.202. The Morgan fingerprint density at radius 3 is 2.56 bits per heavy atom. The van der Waals surface area contributed by atoms with Gasteiger partial charge in [-0.2, -0.15) is 0 Å². The molecule has 1 aromatic carbocycles. The average molecular weight is 347 g/mol. The summed E-state index contributed by atoms with van der Waals surface area (Å²) in [4.78, 5) is 25.3. The van der Waals surface area contributed by atoms with Crippen LogP contribution in [-0.4, -0.2) is 49.7 Å². The Hall–Kier alpha value is -2.08. The minimum absolute atomic E-state index is 0.112. The number of piperidine rings is 1. The summed E-state index contributed by atoms with van der Waals surface area (Å²) < 4.78 is 4.58. The first-order valence-electron chi connectivity index (χ1n) is 9.05. The fourth-order valence-corrected chi connectivity index (χ4v) is 3.01. The Balaban J connectivity index is 1.55. The van der Waals surface area contributed by atoms with Crippen molar-refractivity contribution in [1.29, 1.82) is 0 Å². The molecule has 2 amide bonds. The quantitative estimate of drug-likeness (QED) is 0.559. The van der Waals surface area contributed by atoms with Crippen LogP contribution in [0.2, 0.25) is 0 Å². The normalized spacial score (nSPS) is 15.6. The van der Waals surface area contributed by atoms with E-state index in [9.17, 15) is 9.59 Å². The Morgan fingerprint density at radius 1 is 1.16 bits per heavy atom. The van der Waals surface area contributed by atoms with Crippen LogP contribution in [0.3, 0.4) is 0 Å². The minimum Gasteiger partial charge on any atom is -0.469 e. The molecule has 1 heterocycles. The van der Waals surface area contributed by atoms with E-state index < -0.39 is 0 Å². The molecule has 1 aliphatic heterocycles. The molecule has 6 nitrogen and oxygen atoms in total. The van der Waals surface area contributed by atoms with Gasteiger partial charge in [0.2, 0.25) is 0 Å². The molecule has 1 saturated heterocycles. The van der Waals surface area contributed by atoms with E-state index in [1.165, 1.54) is 12.7 Å². The molecule has 1 aromatic rings. The van der Waals surface area contributed by atoms with Gasteiger partial charge in [-0.05, 0) is 31.2 Å². The molecule has 1 aliphatic rings. The molecule has 0 unspecified atom stereocenters. The molecule has 0 bridgehead atoms.